The van der Waals surface area contributed by atoms with Crippen molar-refractivity contribution in [3.05, 3.63) is 83.2 Å². The van der Waals surface area contributed by atoms with E-state index in [1.54, 1.807) is 7.11 Å². The van der Waals surface area contributed by atoms with Gasteiger partial charge < -0.3 is 14.8 Å². The first-order chi connectivity index (χ1) is 18.7. The van der Waals surface area contributed by atoms with Gasteiger partial charge in [-0.3, -0.25) is 9.69 Å². The number of alkyl halides is 3. The zero-order valence-corrected chi connectivity index (χ0v) is 21.4. The first-order valence-corrected chi connectivity index (χ1v) is 12.2. The Labute approximate surface area is 223 Å². The highest BCUT2D eigenvalue weighted by Gasteiger charge is 2.38. The number of carbonyl (C=O) groups excluding carboxylic acids is 2. The average molecular weight is 544 g/mol. The third-order valence-electron chi connectivity index (χ3n) is 6.46. The minimum Gasteiger partial charge on any atom is -0.496 e. The van der Waals surface area contributed by atoms with Gasteiger partial charge in [0.1, 0.15) is 5.75 Å². The highest BCUT2D eigenvalue weighted by molar-refractivity contribution is 5.86. The molecule has 1 saturated heterocycles. The van der Waals surface area contributed by atoms with Crippen LogP contribution in [0.3, 0.4) is 0 Å². The lowest BCUT2D eigenvalue weighted by Crippen LogP contribution is -2.43. The van der Waals surface area contributed by atoms with E-state index in [9.17, 15) is 22.8 Å². The van der Waals surface area contributed by atoms with E-state index < -0.39 is 23.8 Å². The standard InChI is InChI=1S/C27H28F3N5O4/c1-38-24-11-4-3-8-19(24)9-6-12-34-16-21(35-17-22(32-33-35)26(37)39-2)14-23(34)25(36)31-15-18-7-5-10-20(13-18)27(28,29)30/h3-11,13,17,21,23H,12,14-16H2,1-2H3,(H,31,36)/b9-6+/t21-,23-/m0/s1. The highest BCUT2D eigenvalue weighted by Crippen LogP contribution is 2.30. The van der Waals surface area contributed by atoms with E-state index in [1.165, 1.54) is 30.1 Å². The van der Waals surface area contributed by atoms with Crippen LogP contribution in [0, 0.1) is 0 Å². The van der Waals surface area contributed by atoms with Crippen LogP contribution in [0.25, 0.3) is 6.08 Å². The number of amides is 1. The lowest BCUT2D eigenvalue weighted by atomic mass is 10.1. The molecule has 0 aliphatic carbocycles. The van der Waals surface area contributed by atoms with Crippen LogP contribution < -0.4 is 10.1 Å². The van der Waals surface area contributed by atoms with E-state index in [-0.39, 0.29) is 24.2 Å². The van der Waals surface area contributed by atoms with Gasteiger partial charge in [0.15, 0.2) is 5.69 Å². The number of nitrogens with zero attached hydrogens (tertiary/aromatic N) is 4. The number of methoxy groups -OCH3 is 2. The predicted octanol–water partition coefficient (Wildman–Crippen LogP) is 3.74. The van der Waals surface area contributed by atoms with Crippen molar-refractivity contribution in [2.24, 2.45) is 0 Å². The van der Waals surface area contributed by atoms with Gasteiger partial charge >= 0.3 is 12.1 Å². The Hall–Kier alpha value is -4.19. The number of para-hydroxylation sites is 1. The van der Waals surface area contributed by atoms with E-state index in [1.807, 2.05) is 41.3 Å². The number of esters is 1. The molecule has 2 aromatic carbocycles. The fourth-order valence-electron chi connectivity index (χ4n) is 4.48. The summed E-state index contributed by atoms with van der Waals surface area (Å²) in [6.07, 6.45) is 1.18. The lowest BCUT2D eigenvalue weighted by molar-refractivity contribution is -0.137. The van der Waals surface area contributed by atoms with Crippen LogP contribution in [-0.4, -0.2) is 65.1 Å². The second kappa shape index (κ2) is 12.1. The number of rotatable bonds is 9. The van der Waals surface area contributed by atoms with Crippen molar-refractivity contribution in [2.45, 2.75) is 31.2 Å². The number of aromatic nitrogens is 3. The molecule has 3 aromatic rings. The Morgan fingerprint density at radius 3 is 2.69 bits per heavy atom. The van der Waals surface area contributed by atoms with Crippen molar-refractivity contribution in [1.82, 2.24) is 25.2 Å². The van der Waals surface area contributed by atoms with E-state index in [0.717, 1.165) is 17.7 Å². The molecule has 1 aliphatic heterocycles. The molecule has 1 aromatic heterocycles. The molecule has 0 radical (unpaired) electrons. The smallest absolute Gasteiger partial charge is 0.416 e. The molecule has 0 saturated carbocycles. The lowest BCUT2D eigenvalue weighted by Gasteiger charge is -2.22. The Balaban J connectivity index is 1.49. The monoisotopic (exact) mass is 543 g/mol. The molecule has 1 amide bonds. The molecule has 1 aliphatic rings. The molecule has 2 atom stereocenters. The number of halogens is 3. The number of hydrogen-bond acceptors (Lipinski definition) is 7. The number of ether oxygens (including phenoxy) is 2. The first kappa shape index (κ1) is 27.8. The highest BCUT2D eigenvalue weighted by atomic mass is 19.4. The Morgan fingerprint density at radius 2 is 1.95 bits per heavy atom. The second-order valence-electron chi connectivity index (χ2n) is 8.99. The second-order valence-corrected chi connectivity index (χ2v) is 8.99. The fourth-order valence-corrected chi connectivity index (χ4v) is 4.48. The summed E-state index contributed by atoms with van der Waals surface area (Å²) in [6, 6.07) is 11.5. The van der Waals surface area contributed by atoms with Crippen LogP contribution >= 0.6 is 0 Å². The maximum atomic E-state index is 13.2. The molecular formula is C27H28F3N5O4. The number of carbonyl (C=O) groups is 2. The number of nitrogens with one attached hydrogen (secondary N) is 1. The molecule has 0 unspecified atom stereocenters. The first-order valence-electron chi connectivity index (χ1n) is 12.2. The van der Waals surface area contributed by atoms with Crippen molar-refractivity contribution in [2.75, 3.05) is 27.3 Å². The van der Waals surface area contributed by atoms with E-state index in [4.69, 9.17) is 9.47 Å². The summed E-state index contributed by atoms with van der Waals surface area (Å²) in [7, 11) is 2.83. The van der Waals surface area contributed by atoms with Crippen LogP contribution in [0.4, 0.5) is 13.2 Å². The number of benzene rings is 2. The van der Waals surface area contributed by atoms with E-state index >= 15 is 0 Å². The van der Waals surface area contributed by atoms with Gasteiger partial charge in [0.2, 0.25) is 5.91 Å². The zero-order chi connectivity index (χ0) is 28.0. The zero-order valence-electron chi connectivity index (χ0n) is 21.4. The molecule has 1 fully saturated rings. The minimum absolute atomic E-state index is 0.0510. The maximum absolute atomic E-state index is 13.2. The van der Waals surface area contributed by atoms with Crippen LogP contribution in [0.5, 0.6) is 5.75 Å². The minimum atomic E-state index is -4.47. The molecular weight excluding hydrogens is 515 g/mol. The van der Waals surface area contributed by atoms with Crippen LogP contribution in [0.1, 0.15) is 39.6 Å². The van der Waals surface area contributed by atoms with Gasteiger partial charge in [-0.1, -0.05) is 47.7 Å². The topological polar surface area (TPSA) is 98.6 Å². The average Bonchev–Trinajstić information content (AvgIpc) is 3.59. The summed E-state index contributed by atoms with van der Waals surface area (Å²) in [5.74, 6) is -0.235. The molecule has 9 nitrogen and oxygen atoms in total. The fraction of sp³-hybridized carbons (Fsp3) is 0.333. The van der Waals surface area contributed by atoms with Gasteiger partial charge in [0.25, 0.3) is 0 Å². The number of hydrogen-bond donors (Lipinski definition) is 1. The largest absolute Gasteiger partial charge is 0.496 e. The Morgan fingerprint density at radius 1 is 1.15 bits per heavy atom. The summed E-state index contributed by atoms with van der Waals surface area (Å²) >= 11 is 0. The van der Waals surface area contributed by atoms with Gasteiger partial charge in [0, 0.05) is 25.2 Å². The van der Waals surface area contributed by atoms with Crippen LogP contribution in [-0.2, 0) is 22.3 Å². The third-order valence-corrected chi connectivity index (χ3v) is 6.46. The molecule has 39 heavy (non-hydrogen) atoms. The maximum Gasteiger partial charge on any atom is 0.416 e. The number of likely N-dealkylation sites (tertiary alicyclic amines) is 1. The normalized spacial score (nSPS) is 17.9. The van der Waals surface area contributed by atoms with Gasteiger partial charge in [-0.15, -0.1) is 5.10 Å². The summed E-state index contributed by atoms with van der Waals surface area (Å²) < 4.78 is 50.8. The van der Waals surface area contributed by atoms with Crippen molar-refractivity contribution in [3.63, 3.8) is 0 Å². The molecule has 0 spiro atoms. The third kappa shape index (κ3) is 6.82. The molecule has 1 N–H and O–H groups in total. The molecule has 206 valence electrons. The van der Waals surface area contributed by atoms with E-state index in [0.29, 0.717) is 30.8 Å². The van der Waals surface area contributed by atoms with Crippen molar-refractivity contribution >= 4 is 18.0 Å². The van der Waals surface area contributed by atoms with Crippen LogP contribution in [0.2, 0.25) is 0 Å². The van der Waals surface area contributed by atoms with Crippen molar-refractivity contribution in [1.29, 1.82) is 0 Å². The van der Waals surface area contributed by atoms with Crippen LogP contribution in [0.15, 0.2) is 60.8 Å². The summed E-state index contributed by atoms with van der Waals surface area (Å²) in [5.41, 5.74) is 0.498. The van der Waals surface area contributed by atoms with Crippen molar-refractivity contribution in [3.8, 4) is 5.75 Å². The van der Waals surface area contributed by atoms with Crippen molar-refractivity contribution < 1.29 is 32.2 Å². The predicted molar refractivity (Wildman–Crippen MR) is 136 cm³/mol. The molecule has 4 rings (SSSR count). The SMILES string of the molecule is COC(=O)c1cn([C@H]2C[C@@H](C(=O)NCc3cccc(C(F)(F)F)c3)N(C/C=C/c3ccccc3OC)C2)nn1. The Bertz CT molecular complexity index is 1340. The van der Waals surface area contributed by atoms with Gasteiger partial charge in [0.05, 0.1) is 38.1 Å². The summed E-state index contributed by atoms with van der Waals surface area (Å²) in [6.45, 7) is 0.793. The summed E-state index contributed by atoms with van der Waals surface area (Å²) in [4.78, 5) is 27.0. The quantitative estimate of drug-likeness (QED) is 0.411. The van der Waals surface area contributed by atoms with Gasteiger partial charge in [-0.25, -0.2) is 9.48 Å². The molecule has 12 heteroatoms. The molecule has 0 bridgehead atoms. The van der Waals surface area contributed by atoms with Gasteiger partial charge in [-0.05, 0) is 30.2 Å². The Kier molecular flexibility index (Phi) is 8.65. The summed E-state index contributed by atoms with van der Waals surface area (Å²) in [5, 5.41) is 10.7. The van der Waals surface area contributed by atoms with Gasteiger partial charge in [-0.2, -0.15) is 13.2 Å². The molecule has 2 heterocycles. The van der Waals surface area contributed by atoms with E-state index in [2.05, 4.69) is 15.6 Å².